The number of hydrogen-bond donors (Lipinski definition) is 0. The van der Waals surface area contributed by atoms with Crippen LogP contribution in [-0.4, -0.2) is 60.6 Å². The number of amides is 2. The highest BCUT2D eigenvalue weighted by Gasteiger charge is 2.28. The van der Waals surface area contributed by atoms with Gasteiger partial charge in [-0.25, -0.2) is 18.0 Å². The number of benzene rings is 2. The van der Waals surface area contributed by atoms with Crippen molar-refractivity contribution >= 4 is 18.0 Å². The molecule has 1 saturated heterocycles. The first kappa shape index (κ1) is 22.1. The van der Waals surface area contributed by atoms with Crippen LogP contribution in [0.4, 0.5) is 18.0 Å². The molecular weight excluding hydrogens is 417 g/mol. The summed E-state index contributed by atoms with van der Waals surface area (Å²) >= 11 is 0. The van der Waals surface area contributed by atoms with Gasteiger partial charge in [0, 0.05) is 31.7 Å². The van der Waals surface area contributed by atoms with Crippen LogP contribution in [-0.2, 0) is 4.74 Å². The fourth-order valence-electron chi connectivity index (χ4n) is 3.07. The van der Waals surface area contributed by atoms with E-state index in [2.05, 4.69) is 4.74 Å². The average molecular weight is 436 g/mol. The van der Waals surface area contributed by atoms with Gasteiger partial charge in [-0.3, -0.25) is 9.59 Å². The van der Waals surface area contributed by atoms with Crippen LogP contribution < -0.4 is 4.74 Å². The Morgan fingerprint density at radius 2 is 1.42 bits per heavy atom. The summed E-state index contributed by atoms with van der Waals surface area (Å²) in [7, 11) is 0. The molecule has 3 rings (SSSR count). The Kier molecular flexibility index (Phi) is 6.78. The van der Waals surface area contributed by atoms with Gasteiger partial charge in [0.2, 0.25) is 0 Å². The summed E-state index contributed by atoms with van der Waals surface area (Å²) in [4.78, 5) is 39.2. The summed E-state index contributed by atoms with van der Waals surface area (Å²) in [6.07, 6.45) is -0.847. The van der Waals surface area contributed by atoms with Gasteiger partial charge in [0.1, 0.15) is 5.75 Å². The van der Waals surface area contributed by atoms with Gasteiger partial charge in [0.05, 0.1) is 12.2 Å². The van der Waals surface area contributed by atoms with E-state index < -0.39 is 35.1 Å². The van der Waals surface area contributed by atoms with Crippen LogP contribution in [0.25, 0.3) is 0 Å². The number of rotatable bonds is 4. The molecule has 0 bridgehead atoms. The zero-order chi connectivity index (χ0) is 22.5. The van der Waals surface area contributed by atoms with Gasteiger partial charge < -0.3 is 19.3 Å². The largest absolute Gasteiger partial charge is 0.513 e. The summed E-state index contributed by atoms with van der Waals surface area (Å²) < 4.78 is 50.0. The second kappa shape index (κ2) is 9.50. The predicted octanol–water partition coefficient (Wildman–Crippen LogP) is 3.24. The minimum Gasteiger partial charge on any atom is -0.434 e. The fraction of sp³-hybridized carbons (Fsp3) is 0.286. The summed E-state index contributed by atoms with van der Waals surface area (Å²) in [5.41, 5.74) is -0.210. The normalized spacial score (nSPS) is 13.7. The maximum absolute atomic E-state index is 13.9. The lowest BCUT2D eigenvalue weighted by molar-refractivity contribution is 0.0532. The highest BCUT2D eigenvalue weighted by molar-refractivity contribution is 5.96. The second-order valence-corrected chi connectivity index (χ2v) is 6.62. The number of carbonyl (C=O) groups is 3. The van der Waals surface area contributed by atoms with Crippen molar-refractivity contribution in [1.29, 1.82) is 0 Å². The van der Waals surface area contributed by atoms with Gasteiger partial charge in [-0.05, 0) is 43.3 Å². The maximum Gasteiger partial charge on any atom is 0.513 e. The highest BCUT2D eigenvalue weighted by Crippen LogP contribution is 2.19. The molecule has 10 heteroatoms. The molecule has 0 aliphatic carbocycles. The van der Waals surface area contributed by atoms with E-state index in [-0.39, 0.29) is 44.4 Å². The standard InChI is InChI=1S/C21H19F3N2O5/c1-2-30-21(29)31-14-5-3-13(4-6-14)19(27)25-9-11-26(12-10-25)20(28)15-7-8-16(22)18(24)17(15)23/h3-8H,2,9-12H2,1H3. The van der Waals surface area contributed by atoms with Crippen molar-refractivity contribution < 1.29 is 37.0 Å². The van der Waals surface area contributed by atoms with Gasteiger partial charge in [0.15, 0.2) is 17.5 Å². The van der Waals surface area contributed by atoms with E-state index in [9.17, 15) is 27.6 Å². The fourth-order valence-corrected chi connectivity index (χ4v) is 3.07. The molecule has 1 aliphatic heterocycles. The summed E-state index contributed by atoms with van der Waals surface area (Å²) in [5, 5.41) is 0. The van der Waals surface area contributed by atoms with E-state index in [0.717, 1.165) is 6.07 Å². The monoisotopic (exact) mass is 436 g/mol. The van der Waals surface area contributed by atoms with Crippen LogP contribution in [0.3, 0.4) is 0 Å². The van der Waals surface area contributed by atoms with Gasteiger partial charge in [-0.15, -0.1) is 0 Å². The SMILES string of the molecule is CCOC(=O)Oc1ccc(C(=O)N2CCN(C(=O)c3ccc(F)c(F)c3F)CC2)cc1. The lowest BCUT2D eigenvalue weighted by atomic mass is 10.1. The smallest absolute Gasteiger partial charge is 0.434 e. The number of carbonyl (C=O) groups excluding carboxylic acids is 3. The molecule has 0 saturated carbocycles. The lowest BCUT2D eigenvalue weighted by Gasteiger charge is -2.35. The molecule has 7 nitrogen and oxygen atoms in total. The molecule has 31 heavy (non-hydrogen) atoms. The van der Waals surface area contributed by atoms with Crippen molar-refractivity contribution in [2.45, 2.75) is 6.92 Å². The van der Waals surface area contributed by atoms with Gasteiger partial charge in [0.25, 0.3) is 11.8 Å². The average Bonchev–Trinajstić information content (AvgIpc) is 2.77. The number of halogens is 3. The summed E-state index contributed by atoms with van der Waals surface area (Å²) in [6, 6.07) is 7.48. The molecule has 164 valence electrons. The summed E-state index contributed by atoms with van der Waals surface area (Å²) in [5.74, 6) is -5.46. The van der Waals surface area contributed by atoms with Crippen molar-refractivity contribution in [2.24, 2.45) is 0 Å². The molecule has 2 aromatic carbocycles. The Morgan fingerprint density at radius 3 is 2.00 bits per heavy atom. The number of piperazine rings is 1. The van der Waals surface area contributed by atoms with Crippen LogP contribution in [0.5, 0.6) is 5.75 Å². The van der Waals surface area contributed by atoms with Crippen LogP contribution in [0.15, 0.2) is 36.4 Å². The third-order valence-corrected chi connectivity index (χ3v) is 4.68. The molecule has 0 aromatic heterocycles. The van der Waals surface area contributed by atoms with Crippen molar-refractivity contribution in [3.05, 3.63) is 65.0 Å². The molecule has 0 unspecified atom stereocenters. The van der Waals surface area contributed by atoms with Crippen molar-refractivity contribution in [1.82, 2.24) is 9.80 Å². The van der Waals surface area contributed by atoms with E-state index in [1.54, 1.807) is 6.92 Å². The Bertz CT molecular complexity index is 989. The van der Waals surface area contributed by atoms with Crippen LogP contribution in [0, 0.1) is 17.5 Å². The van der Waals surface area contributed by atoms with Gasteiger partial charge in [-0.1, -0.05) is 0 Å². The van der Waals surface area contributed by atoms with Crippen molar-refractivity contribution in [3.63, 3.8) is 0 Å². The van der Waals surface area contributed by atoms with Gasteiger partial charge >= 0.3 is 6.16 Å². The van der Waals surface area contributed by atoms with Crippen LogP contribution in [0.2, 0.25) is 0 Å². The number of hydrogen-bond acceptors (Lipinski definition) is 5. The minimum absolute atomic E-state index is 0.104. The van der Waals surface area contributed by atoms with E-state index in [1.165, 1.54) is 34.1 Å². The molecule has 0 N–H and O–H groups in total. The minimum atomic E-state index is -1.70. The molecular formula is C21H19F3N2O5. The van der Waals surface area contributed by atoms with E-state index in [4.69, 9.17) is 4.74 Å². The highest BCUT2D eigenvalue weighted by atomic mass is 19.2. The van der Waals surface area contributed by atoms with E-state index in [1.807, 2.05) is 0 Å². The Balaban J connectivity index is 1.59. The first-order chi connectivity index (χ1) is 14.8. The first-order valence-electron chi connectivity index (χ1n) is 9.48. The van der Waals surface area contributed by atoms with E-state index >= 15 is 0 Å². The third-order valence-electron chi connectivity index (χ3n) is 4.68. The first-order valence-corrected chi connectivity index (χ1v) is 9.48. The van der Waals surface area contributed by atoms with Crippen molar-refractivity contribution in [3.8, 4) is 5.75 Å². The Morgan fingerprint density at radius 1 is 0.839 bits per heavy atom. The molecule has 2 amide bonds. The molecule has 2 aromatic rings. The quantitative estimate of drug-likeness (QED) is 0.418. The number of nitrogens with zero attached hydrogens (tertiary/aromatic N) is 2. The molecule has 0 atom stereocenters. The molecule has 0 radical (unpaired) electrons. The second-order valence-electron chi connectivity index (χ2n) is 6.62. The molecule has 1 aliphatic rings. The number of ether oxygens (including phenoxy) is 2. The summed E-state index contributed by atoms with van der Waals surface area (Å²) in [6.45, 7) is 2.38. The van der Waals surface area contributed by atoms with Gasteiger partial charge in [-0.2, -0.15) is 0 Å². The zero-order valence-electron chi connectivity index (χ0n) is 16.6. The third kappa shape index (κ3) is 4.96. The predicted molar refractivity (Wildman–Crippen MR) is 102 cm³/mol. The zero-order valence-corrected chi connectivity index (χ0v) is 16.6. The topological polar surface area (TPSA) is 76.2 Å². The van der Waals surface area contributed by atoms with Crippen LogP contribution >= 0.6 is 0 Å². The molecule has 0 spiro atoms. The van der Waals surface area contributed by atoms with E-state index in [0.29, 0.717) is 11.6 Å². The Hall–Kier alpha value is -3.56. The van der Waals surface area contributed by atoms with Crippen LogP contribution in [0.1, 0.15) is 27.6 Å². The lowest BCUT2D eigenvalue weighted by Crippen LogP contribution is -2.50. The molecule has 1 fully saturated rings. The Labute approximate surface area is 175 Å². The van der Waals surface area contributed by atoms with Crippen molar-refractivity contribution in [2.75, 3.05) is 32.8 Å². The molecule has 1 heterocycles. The maximum atomic E-state index is 13.9.